The van der Waals surface area contributed by atoms with Gasteiger partial charge < -0.3 is 15.7 Å². The zero-order valence-electron chi connectivity index (χ0n) is 10.4. The molecule has 0 radical (unpaired) electrons. The van der Waals surface area contributed by atoms with Crippen molar-refractivity contribution < 1.29 is 14.7 Å². The van der Waals surface area contributed by atoms with Gasteiger partial charge in [0.05, 0.1) is 12.5 Å². The lowest BCUT2D eigenvalue weighted by atomic mass is 9.86. The largest absolute Gasteiger partial charge is 0.481 e. The van der Waals surface area contributed by atoms with Gasteiger partial charge in [-0.2, -0.15) is 0 Å². The Hall–Kier alpha value is -1.10. The second-order valence-electron chi connectivity index (χ2n) is 4.63. The van der Waals surface area contributed by atoms with Gasteiger partial charge in [-0.25, -0.2) is 0 Å². The minimum atomic E-state index is -0.709. The molecule has 17 heavy (non-hydrogen) atoms. The van der Waals surface area contributed by atoms with Crippen LogP contribution in [-0.4, -0.2) is 36.1 Å². The van der Waals surface area contributed by atoms with E-state index in [0.29, 0.717) is 19.4 Å². The highest BCUT2D eigenvalue weighted by Crippen LogP contribution is 2.24. The molecule has 0 unspecified atom stereocenters. The maximum absolute atomic E-state index is 11.5. The van der Waals surface area contributed by atoms with Crippen LogP contribution < -0.4 is 10.6 Å². The minimum absolute atomic E-state index is 0.0113. The average Bonchev–Trinajstić information content (AvgIpc) is 2.30. The summed E-state index contributed by atoms with van der Waals surface area (Å²) in [5.74, 6) is -0.919. The van der Waals surface area contributed by atoms with Crippen LogP contribution in [0, 0.1) is 5.92 Å². The first kappa shape index (κ1) is 14.0. The minimum Gasteiger partial charge on any atom is -0.481 e. The molecule has 0 saturated heterocycles. The van der Waals surface area contributed by atoms with Crippen molar-refractivity contribution in [1.82, 2.24) is 10.6 Å². The van der Waals surface area contributed by atoms with E-state index in [1.165, 1.54) is 0 Å². The van der Waals surface area contributed by atoms with Gasteiger partial charge in [0.15, 0.2) is 0 Å². The standard InChI is InChI=1S/C12H22N2O3/c1-2-7-13-8-11(15)14-10-5-3-9(4-6-10)12(16)17/h9-10,13H,2-8H2,1H3,(H,14,15)(H,16,17). The third-order valence-electron chi connectivity index (χ3n) is 3.15. The number of hydrogen-bond donors (Lipinski definition) is 3. The number of carbonyl (C=O) groups excluding carboxylic acids is 1. The monoisotopic (exact) mass is 242 g/mol. The van der Waals surface area contributed by atoms with Crippen molar-refractivity contribution in [3.05, 3.63) is 0 Å². The van der Waals surface area contributed by atoms with Crippen LogP contribution in [0.3, 0.4) is 0 Å². The number of carboxylic acids is 1. The molecule has 0 aromatic carbocycles. The maximum Gasteiger partial charge on any atom is 0.306 e. The number of amides is 1. The summed E-state index contributed by atoms with van der Waals surface area (Å²) in [5.41, 5.74) is 0. The van der Waals surface area contributed by atoms with Crippen LogP contribution in [0.15, 0.2) is 0 Å². The lowest BCUT2D eigenvalue weighted by molar-refractivity contribution is -0.142. The molecular weight excluding hydrogens is 220 g/mol. The first-order valence-electron chi connectivity index (χ1n) is 6.36. The van der Waals surface area contributed by atoms with Gasteiger partial charge >= 0.3 is 5.97 Å². The highest BCUT2D eigenvalue weighted by Gasteiger charge is 2.26. The van der Waals surface area contributed by atoms with Crippen molar-refractivity contribution in [2.24, 2.45) is 5.92 Å². The van der Waals surface area contributed by atoms with Gasteiger partial charge in [0.2, 0.25) is 5.91 Å². The SMILES string of the molecule is CCCNCC(=O)NC1CCC(C(=O)O)CC1. The highest BCUT2D eigenvalue weighted by atomic mass is 16.4. The zero-order chi connectivity index (χ0) is 12.7. The van der Waals surface area contributed by atoms with Crippen molar-refractivity contribution in [3.8, 4) is 0 Å². The van der Waals surface area contributed by atoms with Crippen LogP contribution in [0.2, 0.25) is 0 Å². The van der Waals surface area contributed by atoms with E-state index in [4.69, 9.17) is 5.11 Å². The van der Waals surface area contributed by atoms with Gasteiger partial charge in [-0.15, -0.1) is 0 Å². The molecule has 0 aromatic heterocycles. The van der Waals surface area contributed by atoms with Crippen LogP contribution in [0.5, 0.6) is 0 Å². The summed E-state index contributed by atoms with van der Waals surface area (Å²) in [4.78, 5) is 22.3. The molecule has 1 aliphatic rings. The first-order valence-corrected chi connectivity index (χ1v) is 6.36. The highest BCUT2D eigenvalue weighted by molar-refractivity contribution is 5.78. The van der Waals surface area contributed by atoms with Crippen LogP contribution in [0.4, 0.5) is 0 Å². The maximum atomic E-state index is 11.5. The van der Waals surface area contributed by atoms with Crippen molar-refractivity contribution in [3.63, 3.8) is 0 Å². The molecule has 98 valence electrons. The van der Waals surface area contributed by atoms with Crippen molar-refractivity contribution in [2.75, 3.05) is 13.1 Å². The molecule has 5 heteroatoms. The van der Waals surface area contributed by atoms with Gasteiger partial charge in [-0.3, -0.25) is 9.59 Å². The van der Waals surface area contributed by atoms with E-state index >= 15 is 0 Å². The molecule has 0 spiro atoms. The van der Waals surface area contributed by atoms with Crippen molar-refractivity contribution in [1.29, 1.82) is 0 Å². The Kier molecular flexibility index (Phi) is 5.97. The van der Waals surface area contributed by atoms with Crippen LogP contribution in [0.25, 0.3) is 0 Å². The number of rotatable bonds is 6. The summed E-state index contributed by atoms with van der Waals surface area (Å²) in [6.45, 7) is 3.25. The Balaban J connectivity index is 2.17. The quantitative estimate of drug-likeness (QED) is 0.600. The summed E-state index contributed by atoms with van der Waals surface area (Å²) < 4.78 is 0. The van der Waals surface area contributed by atoms with Crippen LogP contribution >= 0.6 is 0 Å². The van der Waals surface area contributed by atoms with E-state index in [9.17, 15) is 9.59 Å². The third-order valence-corrected chi connectivity index (χ3v) is 3.15. The molecule has 5 nitrogen and oxygen atoms in total. The molecule has 3 N–H and O–H groups in total. The molecule has 0 atom stereocenters. The number of nitrogens with one attached hydrogen (secondary N) is 2. The Labute approximate surface area is 102 Å². The summed E-state index contributed by atoms with van der Waals surface area (Å²) in [6.07, 6.45) is 3.90. The van der Waals surface area contributed by atoms with E-state index < -0.39 is 5.97 Å². The Morgan fingerprint density at radius 3 is 2.41 bits per heavy atom. The Morgan fingerprint density at radius 1 is 1.24 bits per heavy atom. The van der Waals surface area contributed by atoms with E-state index in [2.05, 4.69) is 17.6 Å². The number of hydrogen-bond acceptors (Lipinski definition) is 3. The molecular formula is C12H22N2O3. The smallest absolute Gasteiger partial charge is 0.306 e. The molecule has 1 fully saturated rings. The molecule has 1 rings (SSSR count). The van der Waals surface area contributed by atoms with Gasteiger partial charge in [0.25, 0.3) is 0 Å². The van der Waals surface area contributed by atoms with Gasteiger partial charge in [0.1, 0.15) is 0 Å². The molecule has 0 bridgehead atoms. The average molecular weight is 242 g/mol. The number of aliphatic carboxylic acids is 1. The number of carboxylic acid groups (broad SMARTS) is 1. The lowest BCUT2D eigenvalue weighted by Gasteiger charge is -2.26. The summed E-state index contributed by atoms with van der Waals surface area (Å²) in [5, 5.41) is 14.8. The lowest BCUT2D eigenvalue weighted by Crippen LogP contribution is -2.42. The van der Waals surface area contributed by atoms with Gasteiger partial charge in [0, 0.05) is 6.04 Å². The topological polar surface area (TPSA) is 78.4 Å². The Morgan fingerprint density at radius 2 is 1.88 bits per heavy atom. The first-order chi connectivity index (χ1) is 8.13. The van der Waals surface area contributed by atoms with E-state index in [1.807, 2.05) is 0 Å². The fourth-order valence-corrected chi connectivity index (χ4v) is 2.14. The second-order valence-corrected chi connectivity index (χ2v) is 4.63. The van der Waals surface area contributed by atoms with Crippen LogP contribution in [0.1, 0.15) is 39.0 Å². The predicted molar refractivity (Wildman–Crippen MR) is 64.7 cm³/mol. The van der Waals surface area contributed by atoms with E-state index in [0.717, 1.165) is 25.8 Å². The molecule has 0 aromatic rings. The predicted octanol–water partition coefficient (Wildman–Crippen LogP) is 0.746. The zero-order valence-corrected chi connectivity index (χ0v) is 10.4. The second kappa shape index (κ2) is 7.27. The van der Waals surface area contributed by atoms with Gasteiger partial charge in [-0.05, 0) is 38.6 Å². The summed E-state index contributed by atoms with van der Waals surface area (Å²) in [6, 6.07) is 0.154. The van der Waals surface area contributed by atoms with Gasteiger partial charge in [-0.1, -0.05) is 6.92 Å². The fraction of sp³-hybridized carbons (Fsp3) is 0.833. The van der Waals surface area contributed by atoms with Crippen molar-refractivity contribution in [2.45, 2.75) is 45.1 Å². The summed E-state index contributed by atoms with van der Waals surface area (Å²) in [7, 11) is 0. The third kappa shape index (κ3) is 5.17. The van der Waals surface area contributed by atoms with E-state index in [1.54, 1.807) is 0 Å². The van der Waals surface area contributed by atoms with E-state index in [-0.39, 0.29) is 17.9 Å². The summed E-state index contributed by atoms with van der Waals surface area (Å²) >= 11 is 0. The molecule has 0 aliphatic heterocycles. The molecule has 1 saturated carbocycles. The van der Waals surface area contributed by atoms with Crippen LogP contribution in [-0.2, 0) is 9.59 Å². The molecule has 0 heterocycles. The number of carbonyl (C=O) groups is 2. The molecule has 1 amide bonds. The Bertz CT molecular complexity index is 260. The molecule has 1 aliphatic carbocycles. The van der Waals surface area contributed by atoms with Crippen molar-refractivity contribution >= 4 is 11.9 Å². The normalized spacial score (nSPS) is 24.3. The fourth-order valence-electron chi connectivity index (χ4n) is 2.14.